The summed E-state index contributed by atoms with van der Waals surface area (Å²) in [5.41, 5.74) is 5.48. The fourth-order valence-corrected chi connectivity index (χ4v) is 2.02. The molecule has 1 amide bonds. The van der Waals surface area contributed by atoms with E-state index in [0.717, 1.165) is 65.0 Å². The predicted octanol–water partition coefficient (Wildman–Crippen LogP) is 0.670. The second-order valence-corrected chi connectivity index (χ2v) is 4.47. The molecule has 1 rings (SSSR count). The number of carbonyl (C=O) groups excluding carboxylic acids is 1. The van der Waals surface area contributed by atoms with E-state index < -0.39 is 0 Å². The van der Waals surface area contributed by atoms with E-state index >= 15 is 0 Å². The van der Waals surface area contributed by atoms with Gasteiger partial charge in [-0.05, 0) is 25.9 Å². The molecule has 4 heteroatoms. The molecule has 2 N–H and O–H groups in total. The third-order valence-corrected chi connectivity index (χ3v) is 3.15. The number of piperazine rings is 1. The summed E-state index contributed by atoms with van der Waals surface area (Å²) in [6.45, 7) is 7.77. The van der Waals surface area contributed by atoms with Gasteiger partial charge < -0.3 is 10.6 Å². The molecule has 1 aliphatic heterocycles. The van der Waals surface area contributed by atoms with Gasteiger partial charge in [-0.15, -0.1) is 0 Å². The molecule has 0 unspecified atom stereocenters. The van der Waals surface area contributed by atoms with Crippen molar-refractivity contribution in [3.63, 3.8) is 0 Å². The molecule has 94 valence electrons. The topological polar surface area (TPSA) is 49.6 Å². The van der Waals surface area contributed by atoms with E-state index in [1.54, 1.807) is 0 Å². The van der Waals surface area contributed by atoms with Gasteiger partial charge in [0.1, 0.15) is 0 Å². The van der Waals surface area contributed by atoms with Crippen molar-refractivity contribution < 1.29 is 4.79 Å². The third-order valence-electron chi connectivity index (χ3n) is 3.15. The van der Waals surface area contributed by atoms with Crippen LogP contribution >= 0.6 is 0 Å². The maximum absolute atomic E-state index is 11.8. The molecule has 1 aliphatic rings. The highest BCUT2D eigenvalue weighted by atomic mass is 16.2. The van der Waals surface area contributed by atoms with E-state index in [1.807, 2.05) is 4.90 Å². The highest BCUT2D eigenvalue weighted by molar-refractivity contribution is 5.76. The van der Waals surface area contributed by atoms with E-state index in [0.29, 0.717) is 5.91 Å². The smallest absolute Gasteiger partial charge is 0.222 e. The second kappa shape index (κ2) is 7.63. The lowest BCUT2D eigenvalue weighted by atomic mass is 10.2. The molecule has 0 bridgehead atoms. The molecule has 0 atom stereocenters. The zero-order chi connectivity index (χ0) is 11.8. The summed E-state index contributed by atoms with van der Waals surface area (Å²) in [6.07, 6.45) is 3.90. The Balaban J connectivity index is 2.18. The average molecular weight is 227 g/mol. The zero-order valence-corrected chi connectivity index (χ0v) is 10.5. The Kier molecular flexibility index (Phi) is 6.42. The molecule has 0 aliphatic carbocycles. The van der Waals surface area contributed by atoms with E-state index in [4.69, 9.17) is 5.73 Å². The maximum atomic E-state index is 11.8. The van der Waals surface area contributed by atoms with Crippen LogP contribution in [-0.4, -0.2) is 55.0 Å². The Morgan fingerprint density at radius 3 is 2.44 bits per heavy atom. The second-order valence-electron chi connectivity index (χ2n) is 4.47. The number of carbonyl (C=O) groups is 1. The van der Waals surface area contributed by atoms with Gasteiger partial charge in [0.15, 0.2) is 0 Å². The van der Waals surface area contributed by atoms with Gasteiger partial charge in [0.2, 0.25) is 5.91 Å². The van der Waals surface area contributed by atoms with Crippen molar-refractivity contribution in [2.45, 2.75) is 32.6 Å². The molecule has 0 aromatic carbocycles. The van der Waals surface area contributed by atoms with Crippen molar-refractivity contribution in [3.8, 4) is 0 Å². The van der Waals surface area contributed by atoms with Crippen molar-refractivity contribution >= 4 is 5.91 Å². The average Bonchev–Trinajstić information content (AvgIpc) is 2.34. The van der Waals surface area contributed by atoms with Gasteiger partial charge in [-0.3, -0.25) is 9.69 Å². The minimum absolute atomic E-state index is 0.334. The van der Waals surface area contributed by atoms with Crippen LogP contribution in [0.25, 0.3) is 0 Å². The summed E-state index contributed by atoms with van der Waals surface area (Å²) in [5.74, 6) is 0.334. The first kappa shape index (κ1) is 13.5. The molecule has 4 nitrogen and oxygen atoms in total. The van der Waals surface area contributed by atoms with Crippen LogP contribution in [-0.2, 0) is 4.79 Å². The molecule has 0 radical (unpaired) electrons. The first-order chi connectivity index (χ1) is 7.77. The SMILES string of the molecule is CCCCC(=O)N1CCN(CCCN)CC1. The summed E-state index contributed by atoms with van der Waals surface area (Å²) >= 11 is 0. The van der Waals surface area contributed by atoms with Gasteiger partial charge in [0, 0.05) is 32.6 Å². The quantitative estimate of drug-likeness (QED) is 0.725. The van der Waals surface area contributed by atoms with Gasteiger partial charge in [-0.2, -0.15) is 0 Å². The third kappa shape index (κ3) is 4.49. The van der Waals surface area contributed by atoms with Crippen molar-refractivity contribution in [2.24, 2.45) is 5.73 Å². The molecule has 0 aromatic heterocycles. The Bertz CT molecular complexity index is 200. The molecule has 0 saturated carbocycles. The number of hydrogen-bond donors (Lipinski definition) is 1. The largest absolute Gasteiger partial charge is 0.340 e. The van der Waals surface area contributed by atoms with Crippen LogP contribution in [0.5, 0.6) is 0 Å². The lowest BCUT2D eigenvalue weighted by Gasteiger charge is -2.34. The van der Waals surface area contributed by atoms with Crippen molar-refractivity contribution in [1.29, 1.82) is 0 Å². The summed E-state index contributed by atoms with van der Waals surface area (Å²) < 4.78 is 0. The fourth-order valence-electron chi connectivity index (χ4n) is 2.02. The fraction of sp³-hybridized carbons (Fsp3) is 0.917. The monoisotopic (exact) mass is 227 g/mol. The van der Waals surface area contributed by atoms with Crippen LogP contribution in [0.1, 0.15) is 32.6 Å². The number of nitrogens with zero attached hydrogens (tertiary/aromatic N) is 2. The molecule has 1 heterocycles. The van der Waals surface area contributed by atoms with Crippen molar-refractivity contribution in [1.82, 2.24) is 9.80 Å². The molecule has 0 spiro atoms. The lowest BCUT2D eigenvalue weighted by Crippen LogP contribution is -2.49. The van der Waals surface area contributed by atoms with Crippen LogP contribution in [0.2, 0.25) is 0 Å². The lowest BCUT2D eigenvalue weighted by molar-refractivity contribution is -0.133. The normalized spacial score (nSPS) is 17.8. The standard InChI is InChI=1S/C12H25N3O/c1-2-3-5-12(16)15-10-8-14(9-11-15)7-4-6-13/h2-11,13H2,1H3. The number of amides is 1. The minimum Gasteiger partial charge on any atom is -0.340 e. The van der Waals surface area contributed by atoms with E-state index in [9.17, 15) is 4.79 Å². The van der Waals surface area contributed by atoms with Gasteiger partial charge in [0.25, 0.3) is 0 Å². The number of unbranched alkanes of at least 4 members (excludes halogenated alkanes) is 1. The van der Waals surface area contributed by atoms with Gasteiger partial charge in [-0.1, -0.05) is 13.3 Å². The van der Waals surface area contributed by atoms with Crippen LogP contribution in [0.3, 0.4) is 0 Å². The van der Waals surface area contributed by atoms with Crippen LogP contribution in [0, 0.1) is 0 Å². The summed E-state index contributed by atoms with van der Waals surface area (Å²) in [7, 11) is 0. The number of rotatable bonds is 6. The van der Waals surface area contributed by atoms with E-state index in [2.05, 4.69) is 11.8 Å². The van der Waals surface area contributed by atoms with E-state index in [-0.39, 0.29) is 0 Å². The van der Waals surface area contributed by atoms with Crippen LogP contribution in [0.4, 0.5) is 0 Å². The van der Waals surface area contributed by atoms with E-state index in [1.165, 1.54) is 0 Å². The van der Waals surface area contributed by atoms with Crippen LogP contribution in [0.15, 0.2) is 0 Å². The summed E-state index contributed by atoms with van der Waals surface area (Å²) in [6, 6.07) is 0. The Morgan fingerprint density at radius 2 is 1.88 bits per heavy atom. The molecular weight excluding hydrogens is 202 g/mol. The number of nitrogens with two attached hydrogens (primary N) is 1. The number of hydrogen-bond acceptors (Lipinski definition) is 3. The van der Waals surface area contributed by atoms with Gasteiger partial charge in [0.05, 0.1) is 0 Å². The van der Waals surface area contributed by atoms with Gasteiger partial charge in [-0.25, -0.2) is 0 Å². The first-order valence-corrected chi connectivity index (χ1v) is 6.48. The Hall–Kier alpha value is -0.610. The zero-order valence-electron chi connectivity index (χ0n) is 10.5. The Morgan fingerprint density at radius 1 is 1.19 bits per heavy atom. The highest BCUT2D eigenvalue weighted by Crippen LogP contribution is 2.06. The molecule has 1 saturated heterocycles. The maximum Gasteiger partial charge on any atom is 0.222 e. The molecular formula is C12H25N3O. The molecule has 0 aromatic rings. The first-order valence-electron chi connectivity index (χ1n) is 6.48. The predicted molar refractivity (Wildman–Crippen MR) is 66.2 cm³/mol. The van der Waals surface area contributed by atoms with Gasteiger partial charge >= 0.3 is 0 Å². The summed E-state index contributed by atoms with van der Waals surface area (Å²) in [4.78, 5) is 16.2. The van der Waals surface area contributed by atoms with Crippen molar-refractivity contribution in [2.75, 3.05) is 39.3 Å². The van der Waals surface area contributed by atoms with Crippen molar-refractivity contribution in [3.05, 3.63) is 0 Å². The summed E-state index contributed by atoms with van der Waals surface area (Å²) in [5, 5.41) is 0. The minimum atomic E-state index is 0.334. The molecule has 1 fully saturated rings. The Labute approximate surface area is 98.8 Å². The molecule has 16 heavy (non-hydrogen) atoms. The highest BCUT2D eigenvalue weighted by Gasteiger charge is 2.19. The van der Waals surface area contributed by atoms with Crippen LogP contribution < -0.4 is 5.73 Å².